The number of halogens is 1. The third-order valence-corrected chi connectivity index (χ3v) is 9.17. The number of carbonyl (C=O) groups excluding carboxylic acids is 1. The van der Waals surface area contributed by atoms with Gasteiger partial charge in [-0.05, 0) is 92.2 Å². The Hall–Kier alpha value is -3.86. The fourth-order valence-corrected chi connectivity index (χ4v) is 6.31. The summed E-state index contributed by atoms with van der Waals surface area (Å²) in [5.41, 5.74) is 2.88. The first kappa shape index (κ1) is 28.2. The van der Waals surface area contributed by atoms with Crippen LogP contribution in [0.3, 0.4) is 0 Å². The summed E-state index contributed by atoms with van der Waals surface area (Å²) in [5, 5.41) is 3.03. The summed E-state index contributed by atoms with van der Waals surface area (Å²) < 4.78 is 56.0. The lowest BCUT2D eigenvalue weighted by molar-refractivity contribution is -0.114. The Morgan fingerprint density at radius 1 is 0.744 bits per heavy atom. The van der Waals surface area contributed by atoms with Gasteiger partial charge in [-0.25, -0.2) is 16.8 Å². The first-order valence-electron chi connectivity index (χ1n) is 11.8. The molecule has 8 nitrogen and oxygen atoms in total. The van der Waals surface area contributed by atoms with Gasteiger partial charge in [0.2, 0.25) is 5.91 Å². The number of aryl methyl sites for hydroxylation is 2. The molecule has 4 aromatic carbocycles. The first-order valence-corrected chi connectivity index (χ1v) is 15.1. The minimum absolute atomic E-state index is 0.00720. The lowest BCUT2D eigenvalue weighted by Crippen LogP contribution is -2.38. The molecule has 0 aliphatic rings. The maximum absolute atomic E-state index is 13.5. The standard InChI is InChI=1S/C28H26ClN3O5S2/c1-20-6-10-24(11-7-20)31-38(34,35)26-16-12-23(13-17-26)30-28(33)19-32(25-5-3-4-21(2)18-25)39(36,37)27-14-8-22(29)9-15-27/h3-18,31H,19H2,1-2H3,(H,30,33). The fourth-order valence-electron chi connectivity index (χ4n) is 3.72. The number of amides is 1. The highest BCUT2D eigenvalue weighted by atomic mass is 35.5. The van der Waals surface area contributed by atoms with Gasteiger partial charge in [0, 0.05) is 16.4 Å². The number of nitrogens with zero attached hydrogens (tertiary/aromatic N) is 1. The first-order chi connectivity index (χ1) is 18.4. The van der Waals surface area contributed by atoms with E-state index < -0.39 is 32.5 Å². The van der Waals surface area contributed by atoms with Crippen molar-refractivity contribution >= 4 is 54.6 Å². The Kier molecular flexibility index (Phi) is 8.29. The normalized spacial score (nSPS) is 11.6. The summed E-state index contributed by atoms with van der Waals surface area (Å²) >= 11 is 5.92. The largest absolute Gasteiger partial charge is 0.325 e. The second-order valence-electron chi connectivity index (χ2n) is 8.85. The number of rotatable bonds is 9. The van der Waals surface area contributed by atoms with Crippen molar-refractivity contribution in [3.05, 3.63) is 113 Å². The topological polar surface area (TPSA) is 113 Å². The Morgan fingerprint density at radius 2 is 1.33 bits per heavy atom. The van der Waals surface area contributed by atoms with E-state index in [9.17, 15) is 21.6 Å². The molecular weight excluding hydrogens is 558 g/mol. The number of benzene rings is 4. The second kappa shape index (κ2) is 11.5. The monoisotopic (exact) mass is 583 g/mol. The van der Waals surface area contributed by atoms with Crippen molar-refractivity contribution in [2.45, 2.75) is 23.6 Å². The van der Waals surface area contributed by atoms with Crippen LogP contribution in [-0.2, 0) is 24.8 Å². The molecule has 0 aliphatic carbocycles. The zero-order chi connectivity index (χ0) is 28.2. The van der Waals surface area contributed by atoms with E-state index in [1.54, 1.807) is 42.5 Å². The molecule has 202 valence electrons. The molecule has 0 aliphatic heterocycles. The lowest BCUT2D eigenvalue weighted by atomic mass is 10.2. The van der Waals surface area contributed by atoms with Crippen LogP contribution in [0.1, 0.15) is 11.1 Å². The Bertz CT molecular complexity index is 1690. The molecule has 4 aromatic rings. The summed E-state index contributed by atoms with van der Waals surface area (Å²) in [6, 6.07) is 25.0. The van der Waals surface area contributed by atoms with Crippen molar-refractivity contribution in [3.8, 4) is 0 Å². The Morgan fingerprint density at radius 3 is 1.95 bits per heavy atom. The van der Waals surface area contributed by atoms with E-state index >= 15 is 0 Å². The number of nitrogens with one attached hydrogen (secondary N) is 2. The van der Waals surface area contributed by atoms with Crippen LogP contribution in [0.15, 0.2) is 107 Å². The highest BCUT2D eigenvalue weighted by Crippen LogP contribution is 2.26. The fraction of sp³-hybridized carbons (Fsp3) is 0.107. The number of hydrogen-bond acceptors (Lipinski definition) is 5. The van der Waals surface area contributed by atoms with E-state index in [1.807, 2.05) is 19.9 Å². The smallest absolute Gasteiger partial charge is 0.264 e. The number of carbonyl (C=O) groups is 1. The van der Waals surface area contributed by atoms with Crippen molar-refractivity contribution in [1.82, 2.24) is 0 Å². The van der Waals surface area contributed by atoms with E-state index in [4.69, 9.17) is 11.6 Å². The lowest BCUT2D eigenvalue weighted by Gasteiger charge is -2.24. The number of anilines is 3. The summed E-state index contributed by atoms with van der Waals surface area (Å²) in [4.78, 5) is 13.0. The third kappa shape index (κ3) is 6.97. The van der Waals surface area contributed by atoms with Crippen molar-refractivity contribution < 1.29 is 21.6 Å². The average molecular weight is 584 g/mol. The number of sulfonamides is 2. The predicted molar refractivity (Wildman–Crippen MR) is 154 cm³/mol. The molecule has 0 saturated heterocycles. The quantitative estimate of drug-likeness (QED) is 0.267. The highest BCUT2D eigenvalue weighted by Gasteiger charge is 2.27. The van der Waals surface area contributed by atoms with Gasteiger partial charge in [-0.1, -0.05) is 41.4 Å². The maximum Gasteiger partial charge on any atom is 0.264 e. The van der Waals surface area contributed by atoms with E-state index in [2.05, 4.69) is 10.0 Å². The molecule has 39 heavy (non-hydrogen) atoms. The van der Waals surface area contributed by atoms with Gasteiger partial charge in [-0.3, -0.25) is 13.8 Å². The van der Waals surface area contributed by atoms with E-state index in [0.29, 0.717) is 22.1 Å². The molecule has 0 unspecified atom stereocenters. The molecule has 0 heterocycles. The van der Waals surface area contributed by atoms with E-state index in [1.165, 1.54) is 48.5 Å². The van der Waals surface area contributed by atoms with Gasteiger partial charge in [0.05, 0.1) is 15.5 Å². The van der Waals surface area contributed by atoms with Crippen molar-refractivity contribution in [1.29, 1.82) is 0 Å². The van der Waals surface area contributed by atoms with Crippen LogP contribution < -0.4 is 14.3 Å². The molecule has 1 amide bonds. The van der Waals surface area contributed by atoms with Crippen LogP contribution in [0.5, 0.6) is 0 Å². The average Bonchev–Trinajstić information content (AvgIpc) is 2.89. The van der Waals surface area contributed by atoms with Gasteiger partial charge in [0.25, 0.3) is 20.0 Å². The molecule has 0 radical (unpaired) electrons. The zero-order valence-electron chi connectivity index (χ0n) is 21.1. The van der Waals surface area contributed by atoms with Gasteiger partial charge in [-0.15, -0.1) is 0 Å². The SMILES string of the molecule is Cc1ccc(NS(=O)(=O)c2ccc(NC(=O)CN(c3cccc(C)c3)S(=O)(=O)c3ccc(Cl)cc3)cc2)cc1. The van der Waals surface area contributed by atoms with Crippen LogP contribution in [0.4, 0.5) is 17.1 Å². The van der Waals surface area contributed by atoms with Crippen LogP contribution in [0.2, 0.25) is 5.02 Å². The zero-order valence-corrected chi connectivity index (χ0v) is 23.5. The summed E-state index contributed by atoms with van der Waals surface area (Å²) in [6.07, 6.45) is 0. The van der Waals surface area contributed by atoms with Crippen molar-refractivity contribution in [3.63, 3.8) is 0 Å². The highest BCUT2D eigenvalue weighted by molar-refractivity contribution is 7.93. The molecule has 4 rings (SSSR count). The van der Waals surface area contributed by atoms with Gasteiger partial charge in [-0.2, -0.15) is 0 Å². The summed E-state index contributed by atoms with van der Waals surface area (Å²) in [6.45, 7) is 3.21. The molecule has 11 heteroatoms. The Labute approximate surface area is 233 Å². The molecule has 0 bridgehead atoms. The van der Waals surface area contributed by atoms with Crippen molar-refractivity contribution in [2.24, 2.45) is 0 Å². The number of hydrogen-bond donors (Lipinski definition) is 2. The Balaban J connectivity index is 1.53. The minimum atomic E-state index is -4.11. The molecule has 0 saturated carbocycles. The van der Waals surface area contributed by atoms with Gasteiger partial charge >= 0.3 is 0 Å². The maximum atomic E-state index is 13.5. The van der Waals surface area contributed by atoms with E-state index in [-0.39, 0.29) is 9.79 Å². The van der Waals surface area contributed by atoms with Crippen LogP contribution >= 0.6 is 11.6 Å². The molecule has 0 aromatic heterocycles. The molecule has 0 fully saturated rings. The summed E-state index contributed by atoms with van der Waals surface area (Å²) in [5.74, 6) is -0.609. The van der Waals surface area contributed by atoms with Gasteiger partial charge in [0.1, 0.15) is 6.54 Å². The predicted octanol–water partition coefficient (Wildman–Crippen LogP) is 5.59. The molecular formula is C28H26ClN3O5S2. The van der Waals surface area contributed by atoms with Gasteiger partial charge in [0.15, 0.2) is 0 Å². The second-order valence-corrected chi connectivity index (χ2v) is 12.8. The van der Waals surface area contributed by atoms with Crippen LogP contribution in [-0.4, -0.2) is 29.3 Å². The van der Waals surface area contributed by atoms with Gasteiger partial charge < -0.3 is 5.32 Å². The summed E-state index contributed by atoms with van der Waals surface area (Å²) in [7, 11) is -7.95. The third-order valence-electron chi connectivity index (χ3n) is 5.73. The van der Waals surface area contributed by atoms with Crippen LogP contribution in [0.25, 0.3) is 0 Å². The molecule has 2 N–H and O–H groups in total. The van der Waals surface area contributed by atoms with Crippen LogP contribution in [0, 0.1) is 13.8 Å². The van der Waals surface area contributed by atoms with E-state index in [0.717, 1.165) is 15.4 Å². The molecule has 0 spiro atoms. The minimum Gasteiger partial charge on any atom is -0.325 e. The van der Waals surface area contributed by atoms with Crippen molar-refractivity contribution in [2.75, 3.05) is 20.9 Å². The molecule has 0 atom stereocenters.